The summed E-state index contributed by atoms with van der Waals surface area (Å²) in [5, 5.41) is 3.75. The summed E-state index contributed by atoms with van der Waals surface area (Å²) in [6.07, 6.45) is 1.62. The van der Waals surface area contributed by atoms with Crippen molar-refractivity contribution >= 4 is 11.6 Å². The lowest BCUT2D eigenvalue weighted by Crippen LogP contribution is -2.23. The van der Waals surface area contributed by atoms with Gasteiger partial charge in [0, 0.05) is 0 Å². The summed E-state index contributed by atoms with van der Waals surface area (Å²) >= 11 is 5.84. The zero-order valence-electron chi connectivity index (χ0n) is 12.2. The van der Waals surface area contributed by atoms with Gasteiger partial charge in [0.15, 0.2) is 16.8 Å². The average Bonchev–Trinajstić information content (AvgIpc) is 2.90. The molecule has 0 aliphatic carbocycles. The molecule has 0 spiro atoms. The number of hydrogen-bond acceptors (Lipinski definition) is 3. The lowest BCUT2D eigenvalue weighted by molar-refractivity contribution is 0.384. The number of ether oxygens (including phenoxy) is 1. The van der Waals surface area contributed by atoms with Crippen LogP contribution in [0.4, 0.5) is 4.39 Å². The van der Waals surface area contributed by atoms with E-state index in [1.165, 1.54) is 13.2 Å². The molecule has 5 heteroatoms. The van der Waals surface area contributed by atoms with Crippen LogP contribution in [0.1, 0.15) is 30.7 Å². The molecule has 0 fully saturated rings. The van der Waals surface area contributed by atoms with E-state index in [-0.39, 0.29) is 17.6 Å². The van der Waals surface area contributed by atoms with Crippen molar-refractivity contribution in [3.05, 3.63) is 52.7 Å². The Balaban J connectivity index is 2.16. The molecule has 0 amide bonds. The first-order valence-electron chi connectivity index (χ1n) is 6.95. The highest BCUT2D eigenvalue weighted by molar-refractivity contribution is 6.28. The van der Waals surface area contributed by atoms with Crippen molar-refractivity contribution in [3.8, 4) is 5.75 Å². The molecule has 1 unspecified atom stereocenters. The summed E-state index contributed by atoms with van der Waals surface area (Å²) in [6, 6.07) is 8.50. The summed E-state index contributed by atoms with van der Waals surface area (Å²) in [6.45, 7) is 2.94. The molecule has 21 heavy (non-hydrogen) atoms. The summed E-state index contributed by atoms with van der Waals surface area (Å²) < 4.78 is 24.2. The topological polar surface area (TPSA) is 34.4 Å². The SMILES string of the molecule is CCCNC(Cc1ccc(OC)c(F)c1)c1ccc(Cl)o1. The maximum Gasteiger partial charge on any atom is 0.193 e. The minimum absolute atomic E-state index is 0.0368. The molecule has 0 aliphatic heterocycles. The Morgan fingerprint density at radius 3 is 2.71 bits per heavy atom. The Labute approximate surface area is 129 Å². The largest absolute Gasteiger partial charge is 0.494 e. The van der Waals surface area contributed by atoms with Gasteiger partial charge in [0.25, 0.3) is 0 Å². The molecule has 2 rings (SSSR count). The molecule has 0 aliphatic rings. The van der Waals surface area contributed by atoms with Crippen LogP contribution in [0.2, 0.25) is 5.22 Å². The molecule has 0 saturated carbocycles. The maximum atomic E-state index is 13.8. The number of hydrogen-bond donors (Lipinski definition) is 1. The van der Waals surface area contributed by atoms with Gasteiger partial charge in [0.1, 0.15) is 5.76 Å². The van der Waals surface area contributed by atoms with E-state index in [1.54, 1.807) is 12.1 Å². The van der Waals surface area contributed by atoms with Crippen molar-refractivity contribution in [1.29, 1.82) is 0 Å². The van der Waals surface area contributed by atoms with Crippen molar-refractivity contribution in [2.24, 2.45) is 0 Å². The van der Waals surface area contributed by atoms with E-state index in [1.807, 2.05) is 12.1 Å². The molecule has 114 valence electrons. The highest BCUT2D eigenvalue weighted by atomic mass is 35.5. The highest BCUT2D eigenvalue weighted by Gasteiger charge is 2.16. The second kappa shape index (κ2) is 7.48. The standard InChI is InChI=1S/C16H19ClFNO2/c1-3-8-19-13(15-6-7-16(17)21-15)10-11-4-5-14(20-2)12(18)9-11/h4-7,9,13,19H,3,8,10H2,1-2H3. The molecule has 2 aromatic rings. The van der Waals surface area contributed by atoms with Gasteiger partial charge in [0.05, 0.1) is 13.2 Å². The van der Waals surface area contributed by atoms with Crippen LogP contribution in [0.15, 0.2) is 34.7 Å². The smallest absolute Gasteiger partial charge is 0.193 e. The van der Waals surface area contributed by atoms with E-state index in [0.29, 0.717) is 11.6 Å². The van der Waals surface area contributed by atoms with Crippen LogP contribution in [-0.4, -0.2) is 13.7 Å². The monoisotopic (exact) mass is 311 g/mol. The fraction of sp³-hybridized carbons (Fsp3) is 0.375. The number of methoxy groups -OCH3 is 1. The number of furan rings is 1. The van der Waals surface area contributed by atoms with E-state index < -0.39 is 0 Å². The van der Waals surface area contributed by atoms with Crippen LogP contribution in [0, 0.1) is 5.82 Å². The van der Waals surface area contributed by atoms with Crippen LogP contribution in [0.3, 0.4) is 0 Å². The fourth-order valence-electron chi connectivity index (χ4n) is 2.18. The van der Waals surface area contributed by atoms with Crippen LogP contribution in [0.5, 0.6) is 5.75 Å². The Hall–Kier alpha value is -1.52. The normalized spacial score (nSPS) is 12.4. The van der Waals surface area contributed by atoms with Crippen LogP contribution in [-0.2, 0) is 6.42 Å². The molecule has 1 atom stereocenters. The minimum Gasteiger partial charge on any atom is -0.494 e. The molecular formula is C16H19ClFNO2. The van der Waals surface area contributed by atoms with Gasteiger partial charge in [-0.15, -0.1) is 0 Å². The first-order valence-corrected chi connectivity index (χ1v) is 7.33. The zero-order chi connectivity index (χ0) is 15.2. The van der Waals surface area contributed by atoms with Crippen LogP contribution >= 0.6 is 11.6 Å². The maximum absolute atomic E-state index is 13.8. The summed E-state index contributed by atoms with van der Waals surface area (Å²) in [7, 11) is 1.45. The molecule has 3 nitrogen and oxygen atoms in total. The molecule has 0 bridgehead atoms. The molecule has 1 N–H and O–H groups in total. The van der Waals surface area contributed by atoms with Gasteiger partial charge in [-0.1, -0.05) is 13.0 Å². The molecular weight excluding hydrogens is 293 g/mol. The molecule has 1 heterocycles. The van der Waals surface area contributed by atoms with Gasteiger partial charge in [0.2, 0.25) is 0 Å². The second-order valence-electron chi connectivity index (χ2n) is 4.82. The summed E-state index contributed by atoms with van der Waals surface area (Å²) in [5.41, 5.74) is 0.870. The van der Waals surface area contributed by atoms with E-state index in [9.17, 15) is 4.39 Å². The third-order valence-electron chi connectivity index (χ3n) is 3.23. The lowest BCUT2D eigenvalue weighted by atomic mass is 10.0. The first kappa shape index (κ1) is 15.9. The number of halogens is 2. The number of rotatable bonds is 7. The van der Waals surface area contributed by atoms with Crippen LogP contribution < -0.4 is 10.1 Å². The predicted molar refractivity (Wildman–Crippen MR) is 81.4 cm³/mol. The van der Waals surface area contributed by atoms with Gasteiger partial charge >= 0.3 is 0 Å². The fourth-order valence-corrected chi connectivity index (χ4v) is 2.33. The van der Waals surface area contributed by atoms with Crippen molar-refractivity contribution < 1.29 is 13.5 Å². The highest BCUT2D eigenvalue weighted by Crippen LogP contribution is 2.25. The third-order valence-corrected chi connectivity index (χ3v) is 3.44. The molecule has 1 aromatic heterocycles. The van der Waals surface area contributed by atoms with Crippen molar-refractivity contribution in [1.82, 2.24) is 5.32 Å². The van der Waals surface area contributed by atoms with Gasteiger partial charge < -0.3 is 14.5 Å². The number of nitrogens with one attached hydrogen (secondary N) is 1. The Morgan fingerprint density at radius 1 is 1.33 bits per heavy atom. The van der Waals surface area contributed by atoms with Gasteiger partial charge in [-0.2, -0.15) is 0 Å². The Bertz CT molecular complexity index is 585. The van der Waals surface area contributed by atoms with E-state index in [0.717, 1.165) is 24.3 Å². The molecule has 0 radical (unpaired) electrons. The van der Waals surface area contributed by atoms with Gasteiger partial charge in [-0.25, -0.2) is 4.39 Å². The number of benzene rings is 1. The quantitative estimate of drug-likeness (QED) is 0.825. The van der Waals surface area contributed by atoms with Crippen molar-refractivity contribution in [3.63, 3.8) is 0 Å². The Kier molecular flexibility index (Phi) is 5.65. The third kappa shape index (κ3) is 4.22. The van der Waals surface area contributed by atoms with Gasteiger partial charge in [-0.3, -0.25) is 0 Å². The van der Waals surface area contributed by atoms with E-state index >= 15 is 0 Å². The lowest BCUT2D eigenvalue weighted by Gasteiger charge is -2.16. The summed E-state index contributed by atoms with van der Waals surface area (Å²) in [4.78, 5) is 0. The summed E-state index contributed by atoms with van der Waals surface area (Å²) in [5.74, 6) is 0.643. The average molecular weight is 312 g/mol. The minimum atomic E-state index is -0.360. The zero-order valence-corrected chi connectivity index (χ0v) is 12.9. The van der Waals surface area contributed by atoms with E-state index in [2.05, 4.69) is 12.2 Å². The van der Waals surface area contributed by atoms with Crippen molar-refractivity contribution in [2.45, 2.75) is 25.8 Å². The van der Waals surface area contributed by atoms with Crippen molar-refractivity contribution in [2.75, 3.05) is 13.7 Å². The molecule has 0 saturated heterocycles. The second-order valence-corrected chi connectivity index (χ2v) is 5.19. The predicted octanol–water partition coefficient (Wildman–Crippen LogP) is 4.36. The molecule has 1 aromatic carbocycles. The van der Waals surface area contributed by atoms with Gasteiger partial charge in [-0.05, 0) is 60.8 Å². The van der Waals surface area contributed by atoms with E-state index in [4.69, 9.17) is 20.8 Å². The first-order chi connectivity index (χ1) is 10.1. The Morgan fingerprint density at radius 2 is 2.14 bits per heavy atom. The van der Waals surface area contributed by atoms with Crippen LogP contribution in [0.25, 0.3) is 0 Å².